The number of carbonyl (C=O) groups excluding carboxylic acids is 1. The molecule has 1 fully saturated rings. The van der Waals surface area contributed by atoms with Crippen molar-refractivity contribution < 1.29 is 14.7 Å². The Bertz CT molecular complexity index is 475. The number of carboxylic acid groups (broad SMARTS) is 1. The molecule has 3 atom stereocenters. The minimum atomic E-state index is -0.897. The number of amides is 2. The van der Waals surface area contributed by atoms with Gasteiger partial charge in [0.1, 0.15) is 0 Å². The normalized spacial score (nSPS) is 21.9. The lowest BCUT2D eigenvalue weighted by Gasteiger charge is -2.15. The average Bonchev–Trinajstić information content (AvgIpc) is 3.17. The van der Waals surface area contributed by atoms with Crippen LogP contribution in [-0.4, -0.2) is 29.2 Å². The molecule has 0 heterocycles. The number of carbonyl (C=O) groups is 2. The van der Waals surface area contributed by atoms with Crippen LogP contribution in [0.2, 0.25) is 0 Å². The van der Waals surface area contributed by atoms with Crippen molar-refractivity contribution >= 4 is 12.0 Å². The predicted molar refractivity (Wildman–Crippen MR) is 75.6 cm³/mol. The Labute approximate surface area is 118 Å². The highest BCUT2D eigenvalue weighted by atomic mass is 16.4. The van der Waals surface area contributed by atoms with Gasteiger partial charge in [-0.05, 0) is 18.4 Å². The lowest BCUT2D eigenvalue weighted by Crippen LogP contribution is -2.43. The minimum absolute atomic E-state index is 0.0449. The highest BCUT2D eigenvalue weighted by Gasteiger charge is 2.39. The van der Waals surface area contributed by atoms with Gasteiger partial charge in [-0.1, -0.05) is 37.3 Å². The Balaban J connectivity index is 1.77. The number of aliphatic carboxylic acids is 1. The molecule has 5 nitrogen and oxygen atoms in total. The van der Waals surface area contributed by atoms with Crippen molar-refractivity contribution in [2.75, 3.05) is 0 Å². The van der Waals surface area contributed by atoms with Gasteiger partial charge in [0.15, 0.2) is 0 Å². The maximum Gasteiger partial charge on any atom is 0.315 e. The quantitative estimate of drug-likeness (QED) is 0.744. The van der Waals surface area contributed by atoms with Gasteiger partial charge in [-0.25, -0.2) is 4.79 Å². The lowest BCUT2D eigenvalue weighted by molar-refractivity contribution is -0.137. The van der Waals surface area contributed by atoms with E-state index < -0.39 is 5.97 Å². The summed E-state index contributed by atoms with van der Waals surface area (Å²) in [5, 5.41) is 14.3. The van der Waals surface area contributed by atoms with Gasteiger partial charge in [0.05, 0.1) is 6.42 Å². The van der Waals surface area contributed by atoms with E-state index in [1.165, 1.54) is 5.56 Å². The summed E-state index contributed by atoms with van der Waals surface area (Å²) in [6.45, 7) is 1.86. The van der Waals surface area contributed by atoms with E-state index in [1.54, 1.807) is 0 Å². The molecule has 20 heavy (non-hydrogen) atoms. The van der Waals surface area contributed by atoms with Crippen molar-refractivity contribution in [2.24, 2.45) is 0 Å². The van der Waals surface area contributed by atoms with Gasteiger partial charge >= 0.3 is 12.0 Å². The van der Waals surface area contributed by atoms with E-state index in [1.807, 2.05) is 25.1 Å². The van der Waals surface area contributed by atoms with Crippen LogP contribution in [0.25, 0.3) is 0 Å². The third kappa shape index (κ3) is 3.98. The van der Waals surface area contributed by atoms with Crippen LogP contribution in [0.4, 0.5) is 4.79 Å². The van der Waals surface area contributed by atoms with Crippen LogP contribution >= 0.6 is 0 Å². The summed E-state index contributed by atoms with van der Waals surface area (Å²) < 4.78 is 0. The largest absolute Gasteiger partial charge is 0.481 e. The van der Waals surface area contributed by atoms with Crippen LogP contribution in [0, 0.1) is 0 Å². The molecule has 2 amide bonds. The first-order valence-electron chi connectivity index (χ1n) is 6.94. The number of urea groups is 1. The Morgan fingerprint density at radius 3 is 2.65 bits per heavy atom. The van der Waals surface area contributed by atoms with Gasteiger partial charge in [0.25, 0.3) is 0 Å². The van der Waals surface area contributed by atoms with E-state index in [0.717, 1.165) is 6.42 Å². The molecule has 0 bridgehead atoms. The summed E-state index contributed by atoms with van der Waals surface area (Å²) in [6, 6.07) is 9.63. The fourth-order valence-electron chi connectivity index (χ4n) is 2.33. The number of hydrogen-bond donors (Lipinski definition) is 3. The van der Waals surface area contributed by atoms with Crippen LogP contribution in [0.5, 0.6) is 0 Å². The molecule has 0 saturated heterocycles. The number of carboxylic acids is 1. The SMILES string of the molecule is CCC(CC(=O)O)NC(=O)NC1CC1c1ccccc1. The van der Waals surface area contributed by atoms with Gasteiger partial charge in [-0.3, -0.25) is 4.79 Å². The number of nitrogens with one attached hydrogen (secondary N) is 2. The Morgan fingerprint density at radius 2 is 2.05 bits per heavy atom. The maximum atomic E-state index is 11.8. The molecule has 1 aromatic rings. The Hall–Kier alpha value is -2.04. The second-order valence-corrected chi connectivity index (χ2v) is 5.18. The summed E-state index contributed by atoms with van der Waals surface area (Å²) in [5.74, 6) is -0.521. The fourth-order valence-corrected chi connectivity index (χ4v) is 2.33. The molecule has 0 radical (unpaired) electrons. The van der Waals surface area contributed by atoms with Crippen LogP contribution in [0.15, 0.2) is 30.3 Å². The van der Waals surface area contributed by atoms with Crippen LogP contribution in [0.3, 0.4) is 0 Å². The van der Waals surface area contributed by atoms with Gasteiger partial charge in [-0.2, -0.15) is 0 Å². The predicted octanol–water partition coefficient (Wildman–Crippen LogP) is 2.09. The smallest absolute Gasteiger partial charge is 0.315 e. The summed E-state index contributed by atoms with van der Waals surface area (Å²) in [7, 11) is 0. The van der Waals surface area contributed by atoms with E-state index in [0.29, 0.717) is 12.3 Å². The van der Waals surface area contributed by atoms with Crippen LogP contribution in [0.1, 0.15) is 37.7 Å². The molecule has 108 valence electrons. The van der Waals surface area contributed by atoms with Crippen molar-refractivity contribution in [1.29, 1.82) is 0 Å². The third-order valence-electron chi connectivity index (χ3n) is 3.58. The number of rotatable bonds is 6. The van der Waals surface area contributed by atoms with E-state index in [-0.39, 0.29) is 24.5 Å². The second kappa shape index (κ2) is 6.41. The fraction of sp³-hybridized carbons (Fsp3) is 0.467. The van der Waals surface area contributed by atoms with Crippen LogP contribution in [-0.2, 0) is 4.79 Å². The molecule has 1 aliphatic carbocycles. The van der Waals surface area contributed by atoms with E-state index in [9.17, 15) is 9.59 Å². The zero-order valence-corrected chi connectivity index (χ0v) is 11.5. The summed E-state index contributed by atoms with van der Waals surface area (Å²) in [4.78, 5) is 22.5. The molecule has 3 unspecified atom stereocenters. The zero-order valence-electron chi connectivity index (χ0n) is 11.5. The first-order chi connectivity index (χ1) is 9.60. The summed E-state index contributed by atoms with van der Waals surface area (Å²) >= 11 is 0. The van der Waals surface area contributed by atoms with Crippen molar-refractivity contribution in [3.63, 3.8) is 0 Å². The average molecular weight is 276 g/mol. The lowest BCUT2D eigenvalue weighted by atomic mass is 10.1. The van der Waals surface area contributed by atoms with Crippen molar-refractivity contribution in [3.05, 3.63) is 35.9 Å². The first kappa shape index (κ1) is 14.4. The van der Waals surface area contributed by atoms with Crippen LogP contribution < -0.4 is 10.6 Å². The topological polar surface area (TPSA) is 78.4 Å². The van der Waals surface area contributed by atoms with Gasteiger partial charge in [-0.15, -0.1) is 0 Å². The molecule has 1 aliphatic rings. The highest BCUT2D eigenvalue weighted by Crippen LogP contribution is 2.40. The summed E-state index contributed by atoms with van der Waals surface area (Å²) in [5.41, 5.74) is 1.23. The Morgan fingerprint density at radius 1 is 1.35 bits per heavy atom. The first-order valence-corrected chi connectivity index (χ1v) is 6.94. The maximum absolute atomic E-state index is 11.8. The molecule has 3 N–H and O–H groups in total. The van der Waals surface area contributed by atoms with E-state index in [4.69, 9.17) is 5.11 Å². The molecule has 1 aromatic carbocycles. The van der Waals surface area contributed by atoms with Gasteiger partial charge in [0.2, 0.25) is 0 Å². The van der Waals surface area contributed by atoms with E-state index >= 15 is 0 Å². The summed E-state index contributed by atoms with van der Waals surface area (Å²) in [6.07, 6.45) is 1.50. The second-order valence-electron chi connectivity index (χ2n) is 5.18. The van der Waals surface area contributed by atoms with E-state index in [2.05, 4.69) is 22.8 Å². The van der Waals surface area contributed by atoms with Crippen molar-refractivity contribution in [1.82, 2.24) is 10.6 Å². The van der Waals surface area contributed by atoms with Crippen molar-refractivity contribution in [2.45, 2.75) is 44.2 Å². The van der Waals surface area contributed by atoms with Gasteiger partial charge in [0, 0.05) is 18.0 Å². The molecule has 0 aliphatic heterocycles. The Kier molecular flexibility index (Phi) is 4.61. The molecule has 1 saturated carbocycles. The zero-order chi connectivity index (χ0) is 14.5. The molecule has 0 aromatic heterocycles. The number of benzene rings is 1. The standard InChI is InChI=1S/C15H20N2O3/c1-2-11(8-14(18)19)16-15(20)17-13-9-12(13)10-6-4-3-5-7-10/h3-7,11-13H,2,8-9H2,1H3,(H,18,19)(H2,16,17,20). The number of hydrogen-bond acceptors (Lipinski definition) is 2. The minimum Gasteiger partial charge on any atom is -0.481 e. The van der Waals surface area contributed by atoms with Crippen molar-refractivity contribution in [3.8, 4) is 0 Å². The molecular weight excluding hydrogens is 256 g/mol. The molecule has 0 spiro atoms. The molecular formula is C15H20N2O3. The monoisotopic (exact) mass is 276 g/mol. The molecule has 2 rings (SSSR count). The highest BCUT2D eigenvalue weighted by molar-refractivity contribution is 5.76. The molecule has 5 heteroatoms. The van der Waals surface area contributed by atoms with Gasteiger partial charge < -0.3 is 15.7 Å². The third-order valence-corrected chi connectivity index (χ3v) is 3.58.